The molecule has 1 aliphatic heterocycles. The summed E-state index contributed by atoms with van der Waals surface area (Å²) < 4.78 is 11.1. The molecular formula is C17H19N3O3. The molecule has 0 fully saturated rings. The molecular weight excluding hydrogens is 294 g/mol. The van der Waals surface area contributed by atoms with E-state index in [-0.39, 0.29) is 18.2 Å². The summed E-state index contributed by atoms with van der Waals surface area (Å²) in [5.41, 5.74) is 1.78. The summed E-state index contributed by atoms with van der Waals surface area (Å²) in [5.74, 6) is 1.77. The van der Waals surface area contributed by atoms with Crippen molar-refractivity contribution in [2.75, 3.05) is 20.3 Å². The van der Waals surface area contributed by atoms with Crippen LogP contribution in [0.3, 0.4) is 0 Å². The normalized spacial score (nSPS) is 16.1. The van der Waals surface area contributed by atoms with Gasteiger partial charge in [-0.3, -0.25) is 14.8 Å². The minimum absolute atomic E-state index is 0.0538. The lowest BCUT2D eigenvalue weighted by atomic mass is 9.96. The Morgan fingerprint density at radius 2 is 2.35 bits per heavy atom. The number of hydrogen-bond donors (Lipinski definition) is 1. The summed E-state index contributed by atoms with van der Waals surface area (Å²) in [4.78, 5) is 20.0. The lowest BCUT2D eigenvalue weighted by Gasteiger charge is -2.26. The zero-order valence-corrected chi connectivity index (χ0v) is 13.0. The van der Waals surface area contributed by atoms with Gasteiger partial charge in [-0.15, -0.1) is 0 Å². The molecule has 0 spiro atoms. The van der Waals surface area contributed by atoms with Crippen molar-refractivity contribution in [1.29, 1.82) is 0 Å². The quantitative estimate of drug-likeness (QED) is 0.903. The van der Waals surface area contributed by atoms with Crippen molar-refractivity contribution in [2.24, 2.45) is 5.92 Å². The van der Waals surface area contributed by atoms with Crippen molar-refractivity contribution in [2.45, 2.75) is 12.8 Å². The number of para-hydroxylation sites is 1. The zero-order valence-electron chi connectivity index (χ0n) is 13.0. The fraction of sp³-hybridized carbons (Fsp3) is 0.353. The molecule has 1 aliphatic rings. The van der Waals surface area contributed by atoms with Crippen LogP contribution in [0.15, 0.2) is 36.8 Å². The number of fused-ring (bicyclic) bond motifs is 1. The Hall–Kier alpha value is -2.63. The van der Waals surface area contributed by atoms with Crippen LogP contribution >= 0.6 is 0 Å². The van der Waals surface area contributed by atoms with Gasteiger partial charge in [0.05, 0.1) is 25.8 Å². The van der Waals surface area contributed by atoms with Gasteiger partial charge in [-0.1, -0.05) is 12.1 Å². The number of carbonyl (C=O) groups excluding carboxylic acids is 1. The summed E-state index contributed by atoms with van der Waals surface area (Å²) in [6, 6.07) is 5.88. The topological polar surface area (TPSA) is 73.3 Å². The van der Waals surface area contributed by atoms with Crippen LogP contribution in [0.2, 0.25) is 0 Å². The molecule has 1 aromatic heterocycles. The van der Waals surface area contributed by atoms with E-state index in [1.807, 2.05) is 18.2 Å². The first-order valence-corrected chi connectivity index (χ1v) is 7.56. The number of carbonyl (C=O) groups is 1. The molecule has 1 atom stereocenters. The van der Waals surface area contributed by atoms with Gasteiger partial charge in [-0.05, 0) is 18.1 Å². The van der Waals surface area contributed by atoms with Crippen LogP contribution in [-0.4, -0.2) is 36.1 Å². The molecule has 6 nitrogen and oxygen atoms in total. The Bertz CT molecular complexity index is 676. The molecule has 23 heavy (non-hydrogen) atoms. The van der Waals surface area contributed by atoms with Gasteiger partial charge >= 0.3 is 0 Å². The number of nitrogens with zero attached hydrogens (tertiary/aromatic N) is 2. The van der Waals surface area contributed by atoms with Gasteiger partial charge in [-0.2, -0.15) is 0 Å². The highest BCUT2D eigenvalue weighted by Crippen LogP contribution is 2.35. The Kier molecular flexibility index (Phi) is 4.71. The third-order valence-corrected chi connectivity index (χ3v) is 3.80. The molecule has 120 valence electrons. The van der Waals surface area contributed by atoms with Gasteiger partial charge in [0.2, 0.25) is 5.91 Å². The van der Waals surface area contributed by atoms with Gasteiger partial charge < -0.3 is 14.8 Å². The number of methoxy groups -OCH3 is 1. The molecule has 1 N–H and O–H groups in total. The second-order valence-electron chi connectivity index (χ2n) is 5.51. The maximum absolute atomic E-state index is 12.0. The highest BCUT2D eigenvalue weighted by molar-refractivity contribution is 5.77. The Labute approximate surface area is 134 Å². The van der Waals surface area contributed by atoms with Crippen LogP contribution in [0.5, 0.6) is 11.5 Å². The molecule has 2 heterocycles. The lowest BCUT2D eigenvalue weighted by molar-refractivity contribution is -0.120. The van der Waals surface area contributed by atoms with Crippen LogP contribution in [0, 0.1) is 5.92 Å². The number of ether oxygens (including phenoxy) is 2. The summed E-state index contributed by atoms with van der Waals surface area (Å²) in [6.07, 6.45) is 5.88. The molecule has 0 aliphatic carbocycles. The minimum atomic E-state index is -0.0538. The van der Waals surface area contributed by atoms with Crippen LogP contribution in [0.25, 0.3) is 0 Å². The predicted molar refractivity (Wildman–Crippen MR) is 84.4 cm³/mol. The van der Waals surface area contributed by atoms with E-state index in [2.05, 4.69) is 15.3 Å². The minimum Gasteiger partial charge on any atom is -0.493 e. The molecule has 2 aromatic rings. The highest BCUT2D eigenvalue weighted by atomic mass is 16.5. The van der Waals surface area contributed by atoms with Crippen molar-refractivity contribution in [1.82, 2.24) is 15.3 Å². The van der Waals surface area contributed by atoms with E-state index in [9.17, 15) is 4.79 Å². The fourth-order valence-electron chi connectivity index (χ4n) is 2.66. The second kappa shape index (κ2) is 7.09. The molecule has 0 saturated heterocycles. The Morgan fingerprint density at radius 3 is 3.13 bits per heavy atom. The number of hydrogen-bond acceptors (Lipinski definition) is 5. The van der Waals surface area contributed by atoms with Crippen molar-refractivity contribution in [3.63, 3.8) is 0 Å². The molecule has 0 radical (unpaired) electrons. The molecule has 1 amide bonds. The van der Waals surface area contributed by atoms with Gasteiger partial charge in [0.15, 0.2) is 11.5 Å². The Morgan fingerprint density at radius 1 is 1.43 bits per heavy atom. The predicted octanol–water partition coefficient (Wildman–Crippen LogP) is 1.40. The number of amides is 1. The fourth-order valence-corrected chi connectivity index (χ4v) is 2.66. The number of nitrogens with one attached hydrogen (secondary N) is 1. The maximum Gasteiger partial charge on any atom is 0.226 e. The van der Waals surface area contributed by atoms with Gasteiger partial charge in [0.25, 0.3) is 0 Å². The average Bonchev–Trinajstić information content (AvgIpc) is 2.60. The zero-order chi connectivity index (χ0) is 16.1. The molecule has 3 rings (SSSR count). The van der Waals surface area contributed by atoms with Crippen LogP contribution in [0.1, 0.15) is 11.3 Å². The Balaban J connectivity index is 1.53. The molecule has 6 heteroatoms. The summed E-state index contributed by atoms with van der Waals surface area (Å²) in [5, 5.41) is 2.94. The van der Waals surface area contributed by atoms with Crippen LogP contribution < -0.4 is 14.8 Å². The van der Waals surface area contributed by atoms with E-state index in [4.69, 9.17) is 9.47 Å². The maximum atomic E-state index is 12.0. The van der Waals surface area contributed by atoms with E-state index >= 15 is 0 Å². The SMILES string of the molecule is COc1cccc2c1OC[C@H](CNC(=O)Cc1cnccn1)C2. The average molecular weight is 313 g/mol. The number of aromatic nitrogens is 2. The lowest BCUT2D eigenvalue weighted by Crippen LogP contribution is -2.35. The number of rotatable bonds is 5. The van der Waals surface area contributed by atoms with E-state index < -0.39 is 0 Å². The van der Waals surface area contributed by atoms with Crippen molar-refractivity contribution in [3.05, 3.63) is 48.0 Å². The first-order valence-electron chi connectivity index (χ1n) is 7.56. The third kappa shape index (κ3) is 3.77. The first-order chi connectivity index (χ1) is 11.3. The summed E-state index contributed by atoms with van der Waals surface area (Å²) >= 11 is 0. The number of benzene rings is 1. The molecule has 1 aromatic carbocycles. The monoisotopic (exact) mass is 313 g/mol. The standard InChI is InChI=1S/C17H19N3O3/c1-22-15-4-2-3-13-7-12(11-23-17(13)15)9-20-16(21)8-14-10-18-5-6-19-14/h2-6,10,12H,7-9,11H2,1H3,(H,20,21)/t12-/m0/s1. The van der Waals surface area contributed by atoms with Crippen LogP contribution in [-0.2, 0) is 17.6 Å². The highest BCUT2D eigenvalue weighted by Gasteiger charge is 2.23. The first kappa shape index (κ1) is 15.3. The molecule has 0 bridgehead atoms. The van der Waals surface area contributed by atoms with E-state index in [0.717, 1.165) is 23.5 Å². The third-order valence-electron chi connectivity index (χ3n) is 3.80. The summed E-state index contributed by atoms with van der Waals surface area (Å²) in [6.45, 7) is 1.15. The summed E-state index contributed by atoms with van der Waals surface area (Å²) in [7, 11) is 1.64. The molecule has 0 saturated carbocycles. The van der Waals surface area contributed by atoms with Crippen molar-refractivity contribution >= 4 is 5.91 Å². The largest absolute Gasteiger partial charge is 0.493 e. The van der Waals surface area contributed by atoms with E-state index in [1.54, 1.807) is 25.7 Å². The van der Waals surface area contributed by atoms with Gasteiger partial charge in [-0.25, -0.2) is 0 Å². The van der Waals surface area contributed by atoms with Gasteiger partial charge in [0.1, 0.15) is 0 Å². The van der Waals surface area contributed by atoms with Crippen molar-refractivity contribution < 1.29 is 14.3 Å². The van der Waals surface area contributed by atoms with Gasteiger partial charge in [0, 0.05) is 31.1 Å². The second-order valence-corrected chi connectivity index (χ2v) is 5.51. The van der Waals surface area contributed by atoms with E-state index in [1.165, 1.54) is 0 Å². The van der Waals surface area contributed by atoms with E-state index in [0.29, 0.717) is 18.8 Å². The van der Waals surface area contributed by atoms with Crippen molar-refractivity contribution in [3.8, 4) is 11.5 Å². The molecule has 0 unspecified atom stereocenters. The smallest absolute Gasteiger partial charge is 0.226 e. The van der Waals surface area contributed by atoms with Crippen LogP contribution in [0.4, 0.5) is 0 Å².